The van der Waals surface area contributed by atoms with Crippen LogP contribution in [0.25, 0.3) is 0 Å². The first-order valence-electron chi connectivity index (χ1n) is 5.68. The first-order valence-corrected chi connectivity index (χ1v) is 6.47. The lowest BCUT2D eigenvalue weighted by Crippen LogP contribution is -2.04. The van der Waals surface area contributed by atoms with Crippen LogP contribution in [-0.2, 0) is 6.42 Å². The number of carbonyl (C=O) groups is 1. The Morgan fingerprint density at radius 1 is 1.25 bits per heavy atom. The van der Waals surface area contributed by atoms with E-state index in [2.05, 4.69) is 15.9 Å². The third kappa shape index (κ3) is 3.48. The van der Waals surface area contributed by atoms with Gasteiger partial charge in [0.1, 0.15) is 5.82 Å². The maximum absolute atomic E-state index is 13.0. The van der Waals surface area contributed by atoms with Gasteiger partial charge in [-0.1, -0.05) is 28.1 Å². The average molecular weight is 338 g/mol. The summed E-state index contributed by atoms with van der Waals surface area (Å²) in [6.07, 6.45) is -0.00856. The average Bonchev–Trinajstić information content (AvgIpc) is 2.37. The molecule has 0 amide bonds. The van der Waals surface area contributed by atoms with Crippen molar-refractivity contribution in [3.63, 3.8) is 0 Å². The summed E-state index contributed by atoms with van der Waals surface area (Å²) in [5.41, 5.74) is 0.579. The van der Waals surface area contributed by atoms with E-state index in [4.69, 9.17) is 0 Å². The van der Waals surface area contributed by atoms with Gasteiger partial charge in [-0.2, -0.15) is 0 Å². The molecule has 4 nitrogen and oxygen atoms in total. The van der Waals surface area contributed by atoms with Crippen molar-refractivity contribution < 1.29 is 14.1 Å². The summed E-state index contributed by atoms with van der Waals surface area (Å²) in [6.45, 7) is 0. The Morgan fingerprint density at radius 3 is 2.65 bits per heavy atom. The third-order valence-electron chi connectivity index (χ3n) is 2.67. The quantitative estimate of drug-likeness (QED) is 0.482. The summed E-state index contributed by atoms with van der Waals surface area (Å²) in [5, 5.41) is 10.8. The lowest BCUT2D eigenvalue weighted by molar-refractivity contribution is -0.385. The summed E-state index contributed by atoms with van der Waals surface area (Å²) in [7, 11) is 0. The standard InChI is InChI=1S/C14H9BrFNO3/c15-11-6-10(7-13(8-11)17(19)20)14(18)5-9-2-1-3-12(16)4-9/h1-4,6-8H,5H2. The fourth-order valence-electron chi connectivity index (χ4n) is 1.77. The van der Waals surface area contributed by atoms with E-state index in [-0.39, 0.29) is 23.5 Å². The van der Waals surface area contributed by atoms with Crippen molar-refractivity contribution in [2.24, 2.45) is 0 Å². The molecule has 0 aliphatic heterocycles. The molecule has 102 valence electrons. The Balaban J connectivity index is 2.27. The molecule has 2 rings (SSSR count). The second-order valence-electron chi connectivity index (χ2n) is 4.19. The van der Waals surface area contributed by atoms with E-state index in [0.717, 1.165) is 0 Å². The first kappa shape index (κ1) is 14.3. The number of nitro groups is 1. The van der Waals surface area contributed by atoms with Crippen LogP contribution in [0.2, 0.25) is 0 Å². The van der Waals surface area contributed by atoms with Crippen LogP contribution in [0, 0.1) is 15.9 Å². The fraction of sp³-hybridized carbons (Fsp3) is 0.0714. The van der Waals surface area contributed by atoms with E-state index >= 15 is 0 Å². The second kappa shape index (κ2) is 5.92. The van der Waals surface area contributed by atoms with Crippen LogP contribution < -0.4 is 0 Å². The molecule has 20 heavy (non-hydrogen) atoms. The minimum Gasteiger partial charge on any atom is -0.294 e. The molecule has 2 aromatic rings. The lowest BCUT2D eigenvalue weighted by Gasteiger charge is -2.03. The van der Waals surface area contributed by atoms with Gasteiger partial charge in [-0.15, -0.1) is 0 Å². The van der Waals surface area contributed by atoms with Gasteiger partial charge in [0.2, 0.25) is 0 Å². The molecule has 6 heteroatoms. The van der Waals surface area contributed by atoms with Gasteiger partial charge < -0.3 is 0 Å². The van der Waals surface area contributed by atoms with Crippen molar-refractivity contribution in [3.8, 4) is 0 Å². The van der Waals surface area contributed by atoms with Gasteiger partial charge >= 0.3 is 0 Å². The van der Waals surface area contributed by atoms with Crippen LogP contribution in [0.4, 0.5) is 10.1 Å². The highest BCUT2D eigenvalue weighted by atomic mass is 79.9. The number of halogens is 2. The molecule has 0 radical (unpaired) electrons. The monoisotopic (exact) mass is 337 g/mol. The molecule has 0 aromatic heterocycles. The largest absolute Gasteiger partial charge is 0.294 e. The van der Waals surface area contributed by atoms with Crippen LogP contribution in [0.3, 0.4) is 0 Å². The minimum absolute atomic E-state index is 0.00856. The van der Waals surface area contributed by atoms with Crippen LogP contribution in [0.1, 0.15) is 15.9 Å². The van der Waals surface area contributed by atoms with E-state index in [1.807, 2.05) is 0 Å². The summed E-state index contributed by atoms with van der Waals surface area (Å²) < 4.78 is 13.5. The van der Waals surface area contributed by atoms with Gasteiger partial charge in [0, 0.05) is 28.6 Å². The molecule has 0 spiro atoms. The summed E-state index contributed by atoms with van der Waals surface area (Å²) >= 11 is 3.13. The Labute approximate surface area is 122 Å². The van der Waals surface area contributed by atoms with Gasteiger partial charge in [0.25, 0.3) is 5.69 Å². The highest BCUT2D eigenvalue weighted by Crippen LogP contribution is 2.22. The number of nitro benzene ring substituents is 1. The number of ketones is 1. The fourth-order valence-corrected chi connectivity index (χ4v) is 2.26. The zero-order chi connectivity index (χ0) is 14.7. The molecule has 0 aliphatic carbocycles. The summed E-state index contributed by atoms with van der Waals surface area (Å²) in [6, 6.07) is 9.75. The number of rotatable bonds is 4. The van der Waals surface area contributed by atoms with Crippen molar-refractivity contribution in [1.82, 2.24) is 0 Å². The van der Waals surface area contributed by atoms with Crippen LogP contribution in [-0.4, -0.2) is 10.7 Å². The Hall–Kier alpha value is -2.08. The van der Waals surface area contributed by atoms with Crippen LogP contribution >= 0.6 is 15.9 Å². The van der Waals surface area contributed by atoms with Crippen molar-refractivity contribution in [3.05, 3.63) is 74.0 Å². The molecular weight excluding hydrogens is 329 g/mol. The van der Waals surface area contributed by atoms with E-state index in [0.29, 0.717) is 10.0 Å². The number of non-ortho nitro benzene ring substituents is 1. The van der Waals surface area contributed by atoms with Gasteiger partial charge in [0.05, 0.1) is 4.92 Å². The molecule has 0 unspecified atom stereocenters. The Kier molecular flexibility index (Phi) is 4.24. The second-order valence-corrected chi connectivity index (χ2v) is 5.10. The molecule has 0 saturated heterocycles. The summed E-state index contributed by atoms with van der Waals surface area (Å²) in [5.74, 6) is -0.726. The van der Waals surface area contributed by atoms with Gasteiger partial charge in [-0.05, 0) is 23.8 Å². The maximum Gasteiger partial charge on any atom is 0.271 e. The number of Topliss-reactive ketones (excluding diaryl/α,β-unsaturated/α-hetero) is 1. The highest BCUT2D eigenvalue weighted by Gasteiger charge is 2.14. The van der Waals surface area contributed by atoms with Crippen molar-refractivity contribution in [1.29, 1.82) is 0 Å². The zero-order valence-electron chi connectivity index (χ0n) is 10.2. The number of nitrogens with zero attached hydrogens (tertiary/aromatic N) is 1. The predicted octanol–water partition coefficient (Wildman–Crippen LogP) is 3.92. The number of hydrogen-bond acceptors (Lipinski definition) is 3. The SMILES string of the molecule is O=C(Cc1cccc(F)c1)c1cc(Br)cc([N+](=O)[O-])c1. The zero-order valence-corrected chi connectivity index (χ0v) is 11.8. The summed E-state index contributed by atoms with van der Waals surface area (Å²) in [4.78, 5) is 22.3. The van der Waals surface area contributed by atoms with Crippen molar-refractivity contribution >= 4 is 27.4 Å². The topological polar surface area (TPSA) is 60.2 Å². The first-order chi connectivity index (χ1) is 9.45. The Morgan fingerprint density at radius 2 is 2.00 bits per heavy atom. The number of hydrogen-bond donors (Lipinski definition) is 0. The predicted molar refractivity (Wildman–Crippen MR) is 75.2 cm³/mol. The highest BCUT2D eigenvalue weighted by molar-refractivity contribution is 9.10. The molecule has 0 saturated carbocycles. The normalized spacial score (nSPS) is 10.3. The molecule has 0 atom stereocenters. The molecule has 0 bridgehead atoms. The lowest BCUT2D eigenvalue weighted by atomic mass is 10.0. The molecule has 2 aromatic carbocycles. The number of carbonyl (C=O) groups excluding carboxylic acids is 1. The van der Waals surface area contributed by atoms with E-state index in [1.54, 1.807) is 6.07 Å². The van der Waals surface area contributed by atoms with Crippen LogP contribution in [0.5, 0.6) is 0 Å². The molecule has 0 aliphatic rings. The van der Waals surface area contributed by atoms with Gasteiger partial charge in [-0.25, -0.2) is 4.39 Å². The van der Waals surface area contributed by atoms with E-state index in [1.165, 1.54) is 36.4 Å². The number of benzene rings is 2. The third-order valence-corrected chi connectivity index (χ3v) is 3.13. The van der Waals surface area contributed by atoms with Crippen molar-refractivity contribution in [2.45, 2.75) is 6.42 Å². The molecule has 0 heterocycles. The molecule has 0 fully saturated rings. The van der Waals surface area contributed by atoms with E-state index in [9.17, 15) is 19.3 Å². The van der Waals surface area contributed by atoms with E-state index < -0.39 is 10.7 Å². The van der Waals surface area contributed by atoms with Crippen LogP contribution in [0.15, 0.2) is 46.9 Å². The maximum atomic E-state index is 13.0. The van der Waals surface area contributed by atoms with Gasteiger partial charge in [0.15, 0.2) is 5.78 Å². The van der Waals surface area contributed by atoms with Crippen molar-refractivity contribution in [2.75, 3.05) is 0 Å². The minimum atomic E-state index is -0.566. The molecular formula is C14H9BrFNO3. The Bertz CT molecular complexity index is 688. The smallest absolute Gasteiger partial charge is 0.271 e. The molecule has 0 N–H and O–H groups in total. The van der Waals surface area contributed by atoms with Gasteiger partial charge in [-0.3, -0.25) is 14.9 Å².